The van der Waals surface area contributed by atoms with Crippen LogP contribution in [-0.4, -0.2) is 34.0 Å². The van der Waals surface area contributed by atoms with Crippen LogP contribution in [0.15, 0.2) is 6.33 Å². The van der Waals surface area contributed by atoms with E-state index in [0.717, 1.165) is 13.0 Å². The third-order valence-electron chi connectivity index (χ3n) is 3.58. The summed E-state index contributed by atoms with van der Waals surface area (Å²) in [7, 11) is 0. The van der Waals surface area contributed by atoms with Crippen molar-refractivity contribution in [3.05, 3.63) is 16.4 Å². The largest absolute Gasteiger partial charge is 0.364 e. The van der Waals surface area contributed by atoms with Crippen molar-refractivity contribution in [3.8, 4) is 0 Å². The molecule has 7 nitrogen and oxygen atoms in total. The number of aromatic nitrogens is 2. The van der Waals surface area contributed by atoms with Crippen LogP contribution in [-0.2, 0) is 0 Å². The molecule has 0 atom stereocenters. The van der Waals surface area contributed by atoms with Gasteiger partial charge in [0.05, 0.1) is 4.92 Å². The van der Waals surface area contributed by atoms with Gasteiger partial charge < -0.3 is 10.2 Å². The topological polar surface area (TPSA) is 84.2 Å². The minimum absolute atomic E-state index is 0.0136. The van der Waals surface area contributed by atoms with Crippen molar-refractivity contribution in [2.45, 2.75) is 46.1 Å². The van der Waals surface area contributed by atoms with Crippen molar-refractivity contribution in [2.24, 2.45) is 5.92 Å². The van der Waals surface area contributed by atoms with Gasteiger partial charge in [0.15, 0.2) is 0 Å². The molecule has 1 aliphatic carbocycles. The molecule has 0 unspecified atom stereocenters. The zero-order chi connectivity index (χ0) is 15.4. The van der Waals surface area contributed by atoms with Crippen molar-refractivity contribution in [3.63, 3.8) is 0 Å². The highest BCUT2D eigenvalue weighted by atomic mass is 16.6. The van der Waals surface area contributed by atoms with E-state index in [4.69, 9.17) is 0 Å². The standard InChI is InChI=1S/C14H23N5O2/c1-4-7-15-13-12(19(20)21)14(17-9-16-13)18(10(2)3)8-11-5-6-11/h9-11H,4-8H2,1-3H3,(H,15,16,17). The first kappa shape index (κ1) is 15.5. The van der Waals surface area contributed by atoms with Crippen LogP contribution >= 0.6 is 0 Å². The maximum absolute atomic E-state index is 11.5. The maximum Gasteiger partial charge on any atom is 0.353 e. The number of rotatable bonds is 8. The van der Waals surface area contributed by atoms with Gasteiger partial charge >= 0.3 is 5.69 Å². The minimum Gasteiger partial charge on any atom is -0.364 e. The van der Waals surface area contributed by atoms with Gasteiger partial charge in [0.25, 0.3) is 0 Å². The number of hydrogen-bond donors (Lipinski definition) is 1. The zero-order valence-corrected chi connectivity index (χ0v) is 12.9. The second-order valence-corrected chi connectivity index (χ2v) is 5.77. The summed E-state index contributed by atoms with van der Waals surface area (Å²) in [6.45, 7) is 7.56. The molecule has 0 aromatic carbocycles. The zero-order valence-electron chi connectivity index (χ0n) is 12.9. The summed E-state index contributed by atoms with van der Waals surface area (Å²) in [4.78, 5) is 21.4. The van der Waals surface area contributed by atoms with Crippen LogP contribution in [0.4, 0.5) is 17.3 Å². The molecule has 0 amide bonds. The summed E-state index contributed by atoms with van der Waals surface area (Å²) in [5.41, 5.74) is -0.0136. The van der Waals surface area contributed by atoms with E-state index in [2.05, 4.69) is 15.3 Å². The fraction of sp³-hybridized carbons (Fsp3) is 0.714. The third kappa shape index (κ3) is 3.80. The lowest BCUT2D eigenvalue weighted by atomic mass is 10.2. The minimum atomic E-state index is -0.379. The second kappa shape index (κ2) is 6.69. The molecule has 1 fully saturated rings. The Hall–Kier alpha value is -1.92. The molecular weight excluding hydrogens is 270 g/mol. The van der Waals surface area contributed by atoms with Gasteiger partial charge in [-0.2, -0.15) is 0 Å². The van der Waals surface area contributed by atoms with E-state index in [1.165, 1.54) is 19.2 Å². The van der Waals surface area contributed by atoms with Crippen LogP contribution in [0, 0.1) is 16.0 Å². The SMILES string of the molecule is CCCNc1ncnc(N(CC2CC2)C(C)C)c1[N+](=O)[O-]. The second-order valence-electron chi connectivity index (χ2n) is 5.77. The quantitative estimate of drug-likeness (QED) is 0.586. The van der Waals surface area contributed by atoms with Crippen molar-refractivity contribution in [2.75, 3.05) is 23.3 Å². The van der Waals surface area contributed by atoms with Gasteiger partial charge in [0.2, 0.25) is 11.6 Å². The fourth-order valence-electron chi connectivity index (χ4n) is 2.24. The highest BCUT2D eigenvalue weighted by Crippen LogP contribution is 2.37. The lowest BCUT2D eigenvalue weighted by Gasteiger charge is -2.27. The van der Waals surface area contributed by atoms with Crippen LogP contribution in [0.2, 0.25) is 0 Å². The molecule has 0 radical (unpaired) electrons. The average molecular weight is 293 g/mol. The Morgan fingerprint density at radius 1 is 1.48 bits per heavy atom. The predicted molar refractivity (Wildman–Crippen MR) is 82.7 cm³/mol. The summed E-state index contributed by atoms with van der Waals surface area (Å²) in [6.07, 6.45) is 4.68. The van der Waals surface area contributed by atoms with E-state index >= 15 is 0 Å². The molecule has 1 N–H and O–H groups in total. The summed E-state index contributed by atoms with van der Waals surface area (Å²) in [5, 5.41) is 14.5. The number of nitrogens with zero attached hydrogens (tertiary/aromatic N) is 4. The number of hydrogen-bond acceptors (Lipinski definition) is 6. The average Bonchev–Trinajstić information content (AvgIpc) is 3.25. The maximum atomic E-state index is 11.5. The number of nitrogens with one attached hydrogen (secondary N) is 1. The summed E-state index contributed by atoms with van der Waals surface area (Å²) in [5.74, 6) is 1.37. The van der Waals surface area contributed by atoms with Crippen molar-refractivity contribution in [1.29, 1.82) is 0 Å². The molecule has 1 saturated carbocycles. The molecule has 21 heavy (non-hydrogen) atoms. The van der Waals surface area contributed by atoms with Gasteiger partial charge in [-0.15, -0.1) is 0 Å². The molecule has 1 aromatic rings. The van der Waals surface area contributed by atoms with Crippen LogP contribution < -0.4 is 10.2 Å². The Labute approximate surface area is 124 Å². The number of anilines is 2. The van der Waals surface area contributed by atoms with E-state index in [-0.39, 0.29) is 16.7 Å². The Kier molecular flexibility index (Phi) is 4.93. The third-order valence-corrected chi connectivity index (χ3v) is 3.58. The fourth-order valence-corrected chi connectivity index (χ4v) is 2.24. The van der Waals surface area contributed by atoms with Crippen LogP contribution in [0.1, 0.15) is 40.0 Å². The van der Waals surface area contributed by atoms with E-state index in [0.29, 0.717) is 24.1 Å². The molecule has 0 spiro atoms. The van der Waals surface area contributed by atoms with Crippen LogP contribution in [0.3, 0.4) is 0 Å². The van der Waals surface area contributed by atoms with Gasteiger partial charge in [-0.25, -0.2) is 9.97 Å². The predicted octanol–water partition coefficient (Wildman–Crippen LogP) is 2.83. The van der Waals surface area contributed by atoms with Gasteiger partial charge in [0, 0.05) is 19.1 Å². The molecular formula is C14H23N5O2. The summed E-state index contributed by atoms with van der Waals surface area (Å²) >= 11 is 0. The molecule has 0 saturated heterocycles. The van der Waals surface area contributed by atoms with Gasteiger partial charge in [-0.1, -0.05) is 6.92 Å². The Morgan fingerprint density at radius 3 is 2.71 bits per heavy atom. The Morgan fingerprint density at radius 2 is 2.19 bits per heavy atom. The Bertz CT molecular complexity index is 502. The van der Waals surface area contributed by atoms with Crippen LogP contribution in [0.5, 0.6) is 0 Å². The Balaban J connectivity index is 2.36. The summed E-state index contributed by atoms with van der Waals surface area (Å²) in [6, 6.07) is 0.165. The van der Waals surface area contributed by atoms with Gasteiger partial charge in [-0.3, -0.25) is 10.1 Å². The van der Waals surface area contributed by atoms with E-state index in [1.807, 2.05) is 25.7 Å². The highest BCUT2D eigenvalue weighted by Gasteiger charge is 2.32. The van der Waals surface area contributed by atoms with Gasteiger partial charge in [-0.05, 0) is 39.0 Å². The molecule has 1 aliphatic rings. The molecule has 1 heterocycles. The molecule has 0 bridgehead atoms. The molecule has 7 heteroatoms. The van der Waals surface area contributed by atoms with Crippen molar-refractivity contribution < 1.29 is 4.92 Å². The monoisotopic (exact) mass is 293 g/mol. The van der Waals surface area contributed by atoms with Crippen LogP contribution in [0.25, 0.3) is 0 Å². The van der Waals surface area contributed by atoms with E-state index in [9.17, 15) is 10.1 Å². The molecule has 2 rings (SSSR count). The molecule has 1 aromatic heterocycles. The smallest absolute Gasteiger partial charge is 0.353 e. The first-order chi connectivity index (χ1) is 10.0. The first-order valence-electron chi connectivity index (χ1n) is 7.54. The lowest BCUT2D eigenvalue weighted by Crippen LogP contribution is -2.34. The van der Waals surface area contributed by atoms with Crippen molar-refractivity contribution >= 4 is 17.3 Å². The van der Waals surface area contributed by atoms with E-state index in [1.54, 1.807) is 0 Å². The summed E-state index contributed by atoms with van der Waals surface area (Å²) < 4.78 is 0. The van der Waals surface area contributed by atoms with Gasteiger partial charge in [0.1, 0.15) is 6.33 Å². The molecule has 0 aliphatic heterocycles. The van der Waals surface area contributed by atoms with Crippen molar-refractivity contribution in [1.82, 2.24) is 9.97 Å². The lowest BCUT2D eigenvalue weighted by molar-refractivity contribution is -0.383. The molecule has 116 valence electrons. The first-order valence-corrected chi connectivity index (χ1v) is 7.54. The van der Waals surface area contributed by atoms with E-state index < -0.39 is 0 Å². The highest BCUT2D eigenvalue weighted by molar-refractivity contribution is 5.70. The number of nitro groups is 1. The normalized spacial score (nSPS) is 14.3.